The van der Waals surface area contributed by atoms with Crippen molar-refractivity contribution >= 4 is 47.4 Å². The number of hydrogen-bond acceptors (Lipinski definition) is 5. The summed E-state index contributed by atoms with van der Waals surface area (Å²) in [6.07, 6.45) is 5.14. The summed E-state index contributed by atoms with van der Waals surface area (Å²) < 4.78 is 1.76. The van der Waals surface area contributed by atoms with Crippen LogP contribution in [0, 0.1) is 0 Å². The van der Waals surface area contributed by atoms with E-state index in [0.717, 1.165) is 22.0 Å². The molecule has 0 unspecified atom stereocenters. The predicted octanol–water partition coefficient (Wildman–Crippen LogP) is 5.20. The molecule has 0 spiro atoms. The number of imidazole rings is 1. The number of benzene rings is 3. The summed E-state index contributed by atoms with van der Waals surface area (Å²) >= 11 is 0. The summed E-state index contributed by atoms with van der Waals surface area (Å²) in [5, 5.41) is 7.17. The van der Waals surface area contributed by atoms with Crippen molar-refractivity contribution in [3.8, 4) is 5.95 Å². The van der Waals surface area contributed by atoms with Crippen LogP contribution in [0.3, 0.4) is 0 Å². The molecular formula is C26H24Cl2N6O. The molecule has 0 aliphatic rings. The summed E-state index contributed by atoms with van der Waals surface area (Å²) in [4.78, 5) is 26.3. The van der Waals surface area contributed by atoms with Gasteiger partial charge >= 0.3 is 0 Å². The molecule has 0 aliphatic carbocycles. The van der Waals surface area contributed by atoms with E-state index < -0.39 is 0 Å². The molecule has 0 bridgehead atoms. The maximum Gasteiger partial charge on any atom is 0.251 e. The second-order valence-electron chi connectivity index (χ2n) is 7.58. The lowest BCUT2D eigenvalue weighted by Gasteiger charge is -2.12. The lowest BCUT2D eigenvalue weighted by atomic mass is 10.1. The summed E-state index contributed by atoms with van der Waals surface area (Å²) in [6.45, 7) is 1.06. The molecule has 178 valence electrons. The van der Waals surface area contributed by atoms with Crippen molar-refractivity contribution in [1.29, 1.82) is 0 Å². The first-order chi connectivity index (χ1) is 16.3. The molecule has 3 aromatic carbocycles. The lowest BCUT2D eigenvalue weighted by molar-refractivity contribution is 0.0951. The maximum absolute atomic E-state index is 12.8. The van der Waals surface area contributed by atoms with Crippen molar-refractivity contribution in [2.45, 2.75) is 13.1 Å². The number of amides is 1. The molecule has 2 heterocycles. The standard InChI is InChI=1S/C26H22N6O.2ClH/c33-25(29-17-20-9-5-2-6-10-20)21-11-12-23-22(15-21)24(28-16-19-7-3-1-4-8-19)31-26(30-23)32-14-13-27-18-32;;/h1-15,18H,16-17H2,(H,29,33)(H,28,30,31);2*1H. The van der Waals surface area contributed by atoms with Gasteiger partial charge in [-0.25, -0.2) is 9.97 Å². The van der Waals surface area contributed by atoms with Gasteiger partial charge in [-0.1, -0.05) is 60.7 Å². The van der Waals surface area contributed by atoms with E-state index in [0.29, 0.717) is 30.4 Å². The molecule has 35 heavy (non-hydrogen) atoms. The molecular weight excluding hydrogens is 483 g/mol. The molecule has 7 nitrogen and oxygen atoms in total. The van der Waals surface area contributed by atoms with Crippen molar-refractivity contribution in [2.24, 2.45) is 0 Å². The number of aromatic nitrogens is 4. The molecule has 9 heteroatoms. The van der Waals surface area contributed by atoms with E-state index in [1.54, 1.807) is 29.4 Å². The van der Waals surface area contributed by atoms with E-state index in [9.17, 15) is 4.79 Å². The summed E-state index contributed by atoms with van der Waals surface area (Å²) in [5.74, 6) is 1.02. The van der Waals surface area contributed by atoms with Gasteiger partial charge in [0, 0.05) is 36.4 Å². The minimum atomic E-state index is -0.145. The van der Waals surface area contributed by atoms with Gasteiger partial charge in [0.05, 0.1) is 5.52 Å². The molecule has 0 atom stereocenters. The maximum atomic E-state index is 12.8. The first-order valence-electron chi connectivity index (χ1n) is 10.7. The van der Waals surface area contributed by atoms with E-state index in [2.05, 4.69) is 32.7 Å². The molecule has 5 rings (SSSR count). The topological polar surface area (TPSA) is 84.7 Å². The average molecular weight is 507 g/mol. The first kappa shape index (κ1) is 25.7. The largest absolute Gasteiger partial charge is 0.365 e. The number of carbonyl (C=O) groups is 1. The third kappa shape index (κ3) is 6.15. The number of nitrogens with zero attached hydrogens (tertiary/aromatic N) is 4. The van der Waals surface area contributed by atoms with Crippen LogP contribution in [-0.4, -0.2) is 25.4 Å². The summed E-state index contributed by atoms with van der Waals surface area (Å²) in [7, 11) is 0. The molecule has 2 aromatic heterocycles. The Morgan fingerprint density at radius 1 is 0.829 bits per heavy atom. The van der Waals surface area contributed by atoms with Crippen molar-refractivity contribution < 1.29 is 4.79 Å². The number of halogens is 2. The van der Waals surface area contributed by atoms with Crippen LogP contribution in [0.25, 0.3) is 16.9 Å². The van der Waals surface area contributed by atoms with Gasteiger partial charge in [0.1, 0.15) is 12.1 Å². The highest BCUT2D eigenvalue weighted by Crippen LogP contribution is 2.24. The van der Waals surface area contributed by atoms with E-state index in [4.69, 9.17) is 4.98 Å². The Morgan fingerprint density at radius 2 is 1.51 bits per heavy atom. The van der Waals surface area contributed by atoms with Crippen LogP contribution >= 0.6 is 24.8 Å². The Hall–Kier alpha value is -3.94. The van der Waals surface area contributed by atoms with Gasteiger partial charge in [0.15, 0.2) is 0 Å². The zero-order valence-electron chi connectivity index (χ0n) is 18.7. The van der Waals surface area contributed by atoms with E-state index >= 15 is 0 Å². The van der Waals surface area contributed by atoms with Gasteiger partial charge in [0.25, 0.3) is 5.91 Å². The second-order valence-corrected chi connectivity index (χ2v) is 7.58. The molecule has 0 saturated carbocycles. The van der Waals surface area contributed by atoms with E-state index in [1.807, 2.05) is 60.7 Å². The molecule has 0 saturated heterocycles. The van der Waals surface area contributed by atoms with Crippen LogP contribution < -0.4 is 10.6 Å². The molecule has 0 aliphatic heterocycles. The average Bonchev–Trinajstić information content (AvgIpc) is 3.42. The number of nitrogens with one attached hydrogen (secondary N) is 2. The van der Waals surface area contributed by atoms with Gasteiger partial charge in [-0.3, -0.25) is 9.36 Å². The lowest BCUT2D eigenvalue weighted by Crippen LogP contribution is -2.22. The van der Waals surface area contributed by atoms with Crippen molar-refractivity contribution in [3.05, 3.63) is 114 Å². The quantitative estimate of drug-likeness (QED) is 0.316. The highest BCUT2D eigenvalue weighted by molar-refractivity contribution is 6.00. The van der Waals surface area contributed by atoms with Crippen molar-refractivity contribution in [2.75, 3.05) is 5.32 Å². The third-order valence-electron chi connectivity index (χ3n) is 5.28. The number of rotatable bonds is 7. The second kappa shape index (κ2) is 12.0. The highest BCUT2D eigenvalue weighted by Gasteiger charge is 2.13. The molecule has 5 aromatic rings. The Labute approximate surface area is 215 Å². The van der Waals surface area contributed by atoms with Gasteiger partial charge in [-0.2, -0.15) is 4.98 Å². The van der Waals surface area contributed by atoms with Crippen molar-refractivity contribution in [3.63, 3.8) is 0 Å². The SMILES string of the molecule is Cl.Cl.O=C(NCc1ccccc1)c1ccc2nc(-n3ccnc3)nc(NCc3ccccc3)c2c1. The van der Waals surface area contributed by atoms with Crippen LogP contribution in [0.5, 0.6) is 0 Å². The Balaban J connectivity index is 0.00000171. The fourth-order valence-corrected chi connectivity index (χ4v) is 3.55. The zero-order chi connectivity index (χ0) is 22.5. The van der Waals surface area contributed by atoms with Crippen LogP contribution in [0.4, 0.5) is 5.82 Å². The first-order valence-corrected chi connectivity index (χ1v) is 10.7. The number of fused-ring (bicyclic) bond motifs is 1. The minimum Gasteiger partial charge on any atom is -0.365 e. The van der Waals surface area contributed by atoms with Crippen LogP contribution in [-0.2, 0) is 13.1 Å². The van der Waals surface area contributed by atoms with Gasteiger partial charge in [-0.05, 0) is 29.3 Å². The Kier molecular flexibility index (Phi) is 8.78. The molecule has 2 N–H and O–H groups in total. The minimum absolute atomic E-state index is 0. The smallest absolute Gasteiger partial charge is 0.251 e. The van der Waals surface area contributed by atoms with Gasteiger partial charge < -0.3 is 10.6 Å². The number of carbonyl (C=O) groups excluding carboxylic acids is 1. The van der Waals surface area contributed by atoms with Crippen LogP contribution in [0.1, 0.15) is 21.5 Å². The number of hydrogen-bond donors (Lipinski definition) is 2. The van der Waals surface area contributed by atoms with Crippen LogP contribution in [0.15, 0.2) is 97.6 Å². The van der Waals surface area contributed by atoms with Crippen molar-refractivity contribution in [1.82, 2.24) is 24.8 Å². The van der Waals surface area contributed by atoms with Gasteiger partial charge in [0.2, 0.25) is 5.95 Å². The predicted molar refractivity (Wildman–Crippen MR) is 143 cm³/mol. The fourth-order valence-electron chi connectivity index (χ4n) is 3.55. The van der Waals surface area contributed by atoms with E-state index in [-0.39, 0.29) is 30.7 Å². The fraction of sp³-hybridized carbons (Fsp3) is 0.0769. The molecule has 1 amide bonds. The molecule has 0 fully saturated rings. The third-order valence-corrected chi connectivity index (χ3v) is 5.28. The van der Waals surface area contributed by atoms with E-state index in [1.165, 1.54) is 0 Å². The Morgan fingerprint density at radius 3 is 2.17 bits per heavy atom. The highest BCUT2D eigenvalue weighted by atomic mass is 35.5. The number of anilines is 1. The monoisotopic (exact) mass is 506 g/mol. The summed E-state index contributed by atoms with van der Waals surface area (Å²) in [5.41, 5.74) is 3.47. The molecule has 0 radical (unpaired) electrons. The summed E-state index contributed by atoms with van der Waals surface area (Å²) in [6, 6.07) is 25.4. The zero-order valence-corrected chi connectivity index (χ0v) is 20.3. The van der Waals surface area contributed by atoms with Gasteiger partial charge in [-0.15, -0.1) is 24.8 Å². The normalized spacial score (nSPS) is 10.2. The van der Waals surface area contributed by atoms with Crippen LogP contribution in [0.2, 0.25) is 0 Å². The Bertz CT molecular complexity index is 1380.